The van der Waals surface area contributed by atoms with E-state index in [0.29, 0.717) is 11.2 Å². The average molecular weight is 293 g/mol. The van der Waals surface area contributed by atoms with Crippen LogP contribution >= 0.6 is 0 Å². The highest BCUT2D eigenvalue weighted by atomic mass is 16.1. The lowest BCUT2D eigenvalue weighted by atomic mass is 9.80. The highest BCUT2D eigenvalue weighted by molar-refractivity contribution is 5.91. The fraction of sp³-hybridized carbons (Fsp3) is 0.750. The molecule has 122 valence electrons. The molecule has 0 amide bonds. The first kappa shape index (κ1) is 20.1. The molecule has 0 N–H and O–H groups in total. The number of ketones is 1. The van der Waals surface area contributed by atoms with Crippen LogP contribution in [0.1, 0.15) is 86.0 Å². The minimum Gasteiger partial charge on any atom is -0.295 e. The van der Waals surface area contributed by atoms with Gasteiger partial charge in [0.1, 0.15) is 0 Å². The fourth-order valence-electron chi connectivity index (χ4n) is 2.57. The van der Waals surface area contributed by atoms with E-state index in [0.717, 1.165) is 32.1 Å². The van der Waals surface area contributed by atoms with Gasteiger partial charge in [0, 0.05) is 5.92 Å². The van der Waals surface area contributed by atoms with Crippen LogP contribution in [0.2, 0.25) is 0 Å². The van der Waals surface area contributed by atoms with Gasteiger partial charge in [-0.25, -0.2) is 0 Å². The van der Waals surface area contributed by atoms with Crippen molar-refractivity contribution >= 4 is 5.78 Å². The van der Waals surface area contributed by atoms with Crippen molar-refractivity contribution < 1.29 is 4.79 Å². The fourth-order valence-corrected chi connectivity index (χ4v) is 2.57. The molecule has 0 fully saturated rings. The first-order chi connectivity index (χ1) is 9.88. The summed E-state index contributed by atoms with van der Waals surface area (Å²) in [6.07, 6.45) is 12.5. The zero-order valence-electron chi connectivity index (χ0n) is 15.0. The van der Waals surface area contributed by atoms with E-state index in [-0.39, 0.29) is 5.92 Å². The van der Waals surface area contributed by atoms with Crippen LogP contribution in [-0.4, -0.2) is 5.78 Å². The molecule has 0 radical (unpaired) electrons. The molecular weight excluding hydrogens is 256 g/mol. The predicted octanol–water partition coefficient (Wildman–Crippen LogP) is 6.49. The van der Waals surface area contributed by atoms with E-state index in [9.17, 15) is 4.79 Å². The monoisotopic (exact) mass is 292 g/mol. The lowest BCUT2D eigenvalue weighted by Crippen LogP contribution is -2.14. The van der Waals surface area contributed by atoms with Gasteiger partial charge in [-0.3, -0.25) is 4.79 Å². The van der Waals surface area contributed by atoms with Crippen molar-refractivity contribution in [3.63, 3.8) is 0 Å². The van der Waals surface area contributed by atoms with Crippen molar-refractivity contribution in [3.8, 4) is 0 Å². The quantitative estimate of drug-likeness (QED) is 0.297. The summed E-state index contributed by atoms with van der Waals surface area (Å²) in [7, 11) is 0. The van der Waals surface area contributed by atoms with Crippen molar-refractivity contribution in [1.29, 1.82) is 0 Å². The molecule has 0 bridgehead atoms. The Labute approximate surface area is 132 Å². The molecule has 0 aromatic carbocycles. The smallest absolute Gasteiger partial charge is 0.158 e. The third-order valence-electron chi connectivity index (χ3n) is 4.86. The summed E-state index contributed by atoms with van der Waals surface area (Å²) in [5.74, 6) is 0.500. The Hall–Kier alpha value is -0.850. The van der Waals surface area contributed by atoms with Crippen LogP contribution in [0.3, 0.4) is 0 Å². The van der Waals surface area contributed by atoms with E-state index in [1.807, 2.05) is 13.0 Å². The van der Waals surface area contributed by atoms with Gasteiger partial charge in [-0.2, -0.15) is 0 Å². The van der Waals surface area contributed by atoms with Crippen LogP contribution in [0.5, 0.6) is 0 Å². The molecule has 0 aliphatic rings. The molecular formula is C20H36O. The Morgan fingerprint density at radius 2 is 1.81 bits per heavy atom. The van der Waals surface area contributed by atoms with Gasteiger partial charge in [0.15, 0.2) is 5.78 Å². The van der Waals surface area contributed by atoms with Crippen LogP contribution in [0.25, 0.3) is 0 Å². The molecule has 0 rings (SSSR count). The topological polar surface area (TPSA) is 17.1 Å². The maximum Gasteiger partial charge on any atom is 0.158 e. The number of allylic oxidation sites excluding steroid dienone is 3. The number of carbonyl (C=O) groups is 1. The van der Waals surface area contributed by atoms with Crippen molar-refractivity contribution in [2.45, 2.75) is 86.0 Å². The van der Waals surface area contributed by atoms with Gasteiger partial charge in [0.05, 0.1) is 0 Å². The number of hydrogen-bond acceptors (Lipinski definition) is 1. The van der Waals surface area contributed by atoms with Gasteiger partial charge >= 0.3 is 0 Å². The Bertz CT molecular complexity index is 334. The van der Waals surface area contributed by atoms with Gasteiger partial charge in [0.25, 0.3) is 0 Å². The number of carbonyl (C=O) groups excluding carboxylic acids is 1. The highest BCUT2D eigenvalue weighted by Gasteiger charge is 2.18. The van der Waals surface area contributed by atoms with Gasteiger partial charge in [-0.05, 0) is 50.5 Å². The standard InChI is InChI=1S/C20H36O/c1-7-12-18(15-14-17(4)5)19(21)13-10-11-16-20(6,8-2)9-3/h10,13,18H,4,7-9,11-12,14-16H2,1-3,5-6H3/b13-10+. The zero-order chi connectivity index (χ0) is 16.3. The van der Waals surface area contributed by atoms with E-state index >= 15 is 0 Å². The summed E-state index contributed by atoms with van der Waals surface area (Å²) in [6, 6.07) is 0. The summed E-state index contributed by atoms with van der Waals surface area (Å²) in [6.45, 7) is 15.0. The molecule has 0 saturated heterocycles. The average Bonchev–Trinajstić information content (AvgIpc) is 2.47. The molecule has 1 unspecified atom stereocenters. The molecule has 1 heteroatoms. The molecule has 0 aliphatic carbocycles. The lowest BCUT2D eigenvalue weighted by Gasteiger charge is -2.25. The van der Waals surface area contributed by atoms with Crippen molar-refractivity contribution in [2.75, 3.05) is 0 Å². The maximum atomic E-state index is 12.3. The van der Waals surface area contributed by atoms with E-state index < -0.39 is 0 Å². The molecule has 0 aromatic rings. The lowest BCUT2D eigenvalue weighted by molar-refractivity contribution is -0.118. The summed E-state index contributed by atoms with van der Waals surface area (Å²) < 4.78 is 0. The van der Waals surface area contributed by atoms with Crippen molar-refractivity contribution in [3.05, 3.63) is 24.3 Å². The van der Waals surface area contributed by atoms with E-state index in [4.69, 9.17) is 0 Å². The van der Waals surface area contributed by atoms with Crippen LogP contribution in [-0.2, 0) is 4.79 Å². The molecule has 0 saturated carbocycles. The minimum atomic E-state index is 0.187. The molecule has 0 aliphatic heterocycles. The Morgan fingerprint density at radius 3 is 2.29 bits per heavy atom. The van der Waals surface area contributed by atoms with Crippen molar-refractivity contribution in [1.82, 2.24) is 0 Å². The minimum absolute atomic E-state index is 0.187. The predicted molar refractivity (Wildman–Crippen MR) is 94.5 cm³/mol. The summed E-state index contributed by atoms with van der Waals surface area (Å²) in [5.41, 5.74) is 1.60. The molecule has 0 heterocycles. The number of rotatable bonds is 12. The van der Waals surface area contributed by atoms with Crippen LogP contribution in [0, 0.1) is 11.3 Å². The highest BCUT2D eigenvalue weighted by Crippen LogP contribution is 2.31. The van der Waals surface area contributed by atoms with Crippen LogP contribution in [0.15, 0.2) is 24.3 Å². The first-order valence-corrected chi connectivity index (χ1v) is 8.73. The second kappa shape index (κ2) is 10.8. The van der Waals surface area contributed by atoms with Gasteiger partial charge in [-0.1, -0.05) is 58.6 Å². The van der Waals surface area contributed by atoms with Gasteiger partial charge in [-0.15, -0.1) is 6.58 Å². The summed E-state index contributed by atoms with van der Waals surface area (Å²) >= 11 is 0. The third kappa shape index (κ3) is 8.90. The number of hydrogen-bond donors (Lipinski definition) is 0. The summed E-state index contributed by atoms with van der Waals surface area (Å²) in [5, 5.41) is 0. The first-order valence-electron chi connectivity index (χ1n) is 8.73. The Balaban J connectivity index is 4.34. The zero-order valence-corrected chi connectivity index (χ0v) is 15.0. The summed E-state index contributed by atoms with van der Waals surface area (Å²) in [4.78, 5) is 12.3. The second-order valence-corrected chi connectivity index (χ2v) is 6.84. The largest absolute Gasteiger partial charge is 0.295 e. The molecule has 0 spiro atoms. The Kier molecular flexibility index (Phi) is 10.4. The van der Waals surface area contributed by atoms with Gasteiger partial charge < -0.3 is 0 Å². The Morgan fingerprint density at radius 1 is 1.19 bits per heavy atom. The van der Waals surface area contributed by atoms with E-state index in [1.165, 1.54) is 24.8 Å². The SMILES string of the molecule is C=C(C)CCC(CCC)C(=O)/C=C/CCC(C)(CC)CC. The van der Waals surface area contributed by atoms with Crippen LogP contribution in [0.4, 0.5) is 0 Å². The molecule has 1 atom stereocenters. The van der Waals surface area contributed by atoms with E-state index in [1.54, 1.807) is 0 Å². The maximum absolute atomic E-state index is 12.3. The van der Waals surface area contributed by atoms with Crippen molar-refractivity contribution in [2.24, 2.45) is 11.3 Å². The van der Waals surface area contributed by atoms with Gasteiger partial charge in [0.2, 0.25) is 0 Å². The molecule has 21 heavy (non-hydrogen) atoms. The van der Waals surface area contributed by atoms with E-state index in [2.05, 4.69) is 40.3 Å². The molecule has 0 aromatic heterocycles. The molecule has 1 nitrogen and oxygen atoms in total. The van der Waals surface area contributed by atoms with Crippen LogP contribution < -0.4 is 0 Å². The normalized spacial score (nSPS) is 13.6. The third-order valence-corrected chi connectivity index (χ3v) is 4.86. The second-order valence-electron chi connectivity index (χ2n) is 6.84.